The van der Waals surface area contributed by atoms with Crippen LogP contribution in [-0.2, 0) is 0 Å². The Morgan fingerprint density at radius 3 is 1.30 bits per heavy atom. The zero-order valence-corrected chi connectivity index (χ0v) is 55.9. The van der Waals surface area contributed by atoms with Crippen molar-refractivity contribution in [2.45, 2.75) is 84.6 Å². The lowest BCUT2D eigenvalue weighted by Gasteiger charge is -2.44. The molecule has 0 saturated heterocycles. The van der Waals surface area contributed by atoms with Crippen LogP contribution in [0.4, 0.5) is 22.7 Å². The van der Waals surface area contributed by atoms with Crippen LogP contribution in [0.3, 0.4) is 0 Å². The number of allylic oxidation sites excluding steroid dienone is 10. The molecule has 2 unspecified atom stereocenters. The van der Waals surface area contributed by atoms with E-state index in [9.17, 15) is 10.5 Å². The molecular weight excluding hydrogens is 1110 g/mol. The topological polar surface area (TPSA) is 54.1 Å². The number of nitrogens with zero attached hydrogens (tertiary/aromatic N) is 4. The van der Waals surface area contributed by atoms with Crippen LogP contribution in [0.2, 0.25) is 78.6 Å². The summed E-state index contributed by atoms with van der Waals surface area (Å²) in [5, 5.41) is 27.8. The summed E-state index contributed by atoms with van der Waals surface area (Å²) in [6, 6.07) is 72.0. The summed E-state index contributed by atoms with van der Waals surface area (Å²) in [6.45, 7) is 28.8. The summed E-state index contributed by atoms with van der Waals surface area (Å²) < 4.78 is 0. The molecular formula is C78H76N4Si4. The van der Waals surface area contributed by atoms with E-state index in [1.807, 2.05) is 24.3 Å². The summed E-state index contributed by atoms with van der Waals surface area (Å²) >= 11 is 0. The first-order valence-electron chi connectivity index (χ1n) is 30.3. The molecule has 0 amide bonds. The molecule has 0 heterocycles. The number of nitriles is 2. The van der Waals surface area contributed by atoms with E-state index in [-0.39, 0.29) is 12.0 Å². The Balaban J connectivity index is 1.03. The number of para-hydroxylation sites is 2. The largest absolute Gasteiger partial charge is 0.329 e. The molecule has 4 aliphatic carbocycles. The molecule has 86 heavy (non-hydrogen) atoms. The van der Waals surface area contributed by atoms with Crippen LogP contribution in [0, 0.1) is 28.6 Å². The molecule has 8 aromatic carbocycles. The SMILES string of the molecule is C[Si](C)(C)c1ccc(-c2ccc(N(C3=C4C=CC5=C6C(=CC=C(C=C3)C46)C(N(c3ccccc3C#N)c3ccc(-c4ccc([Si](C)(C)C)cc4)cc3-c3ccc([Si](C)(C)C)cc3)C=C5)c3ccccc3C#N)c(-c3ccc([Si](C)(C)C)cc3)c2)cc1. The van der Waals surface area contributed by atoms with Gasteiger partial charge < -0.3 is 9.80 Å². The smallest absolute Gasteiger partial charge is 0.101 e. The van der Waals surface area contributed by atoms with Crippen molar-refractivity contribution in [2.75, 3.05) is 9.80 Å². The summed E-state index contributed by atoms with van der Waals surface area (Å²) in [4.78, 5) is 4.79. The van der Waals surface area contributed by atoms with Crippen molar-refractivity contribution in [3.63, 3.8) is 0 Å². The first kappa shape index (κ1) is 57.8. The van der Waals surface area contributed by atoms with E-state index >= 15 is 0 Å². The third-order valence-electron chi connectivity index (χ3n) is 17.8. The van der Waals surface area contributed by atoms with Gasteiger partial charge in [-0.3, -0.25) is 0 Å². The molecule has 424 valence electrons. The maximum Gasteiger partial charge on any atom is 0.101 e. The molecule has 4 nitrogen and oxygen atoms in total. The second kappa shape index (κ2) is 22.3. The number of benzene rings is 8. The zero-order valence-electron chi connectivity index (χ0n) is 51.9. The Bertz CT molecular complexity index is 4320. The van der Waals surface area contributed by atoms with Gasteiger partial charge in [-0.1, -0.05) is 275 Å². The van der Waals surface area contributed by atoms with Gasteiger partial charge >= 0.3 is 0 Å². The highest BCUT2D eigenvalue weighted by Crippen LogP contribution is 2.54. The quantitative estimate of drug-likeness (QED) is 0.102. The Labute approximate surface area is 515 Å². The molecule has 0 saturated carbocycles. The van der Waals surface area contributed by atoms with Crippen molar-refractivity contribution in [2.24, 2.45) is 5.92 Å². The molecule has 0 aromatic heterocycles. The van der Waals surface area contributed by atoms with Crippen molar-refractivity contribution < 1.29 is 0 Å². The first-order chi connectivity index (χ1) is 41.1. The lowest BCUT2D eigenvalue weighted by atomic mass is 9.67. The fourth-order valence-corrected chi connectivity index (χ4v) is 17.5. The van der Waals surface area contributed by atoms with Gasteiger partial charge in [0.25, 0.3) is 0 Å². The number of rotatable bonds is 14. The van der Waals surface area contributed by atoms with Gasteiger partial charge in [0.15, 0.2) is 0 Å². The van der Waals surface area contributed by atoms with Gasteiger partial charge in [0.1, 0.15) is 12.1 Å². The number of anilines is 4. The van der Waals surface area contributed by atoms with Gasteiger partial charge in [-0.25, -0.2) is 0 Å². The van der Waals surface area contributed by atoms with Crippen molar-refractivity contribution in [1.29, 1.82) is 10.5 Å². The van der Waals surface area contributed by atoms with Crippen LogP contribution in [0.15, 0.2) is 264 Å². The van der Waals surface area contributed by atoms with E-state index in [2.05, 4.69) is 307 Å². The summed E-state index contributed by atoms with van der Waals surface area (Å²) in [5.41, 5.74) is 21.0. The molecule has 8 aromatic rings. The molecule has 0 aliphatic heterocycles. The fourth-order valence-electron chi connectivity index (χ4n) is 12.8. The van der Waals surface area contributed by atoms with E-state index in [4.69, 9.17) is 0 Å². The highest BCUT2D eigenvalue weighted by molar-refractivity contribution is 6.90. The summed E-state index contributed by atoms with van der Waals surface area (Å²) in [6.07, 6.45) is 18.5. The molecule has 0 spiro atoms. The van der Waals surface area contributed by atoms with Crippen molar-refractivity contribution in [3.8, 4) is 56.6 Å². The van der Waals surface area contributed by atoms with Crippen LogP contribution >= 0.6 is 0 Å². The fraction of sp³-hybridized carbons (Fsp3) is 0.179. The molecule has 0 N–H and O–H groups in total. The summed E-state index contributed by atoms with van der Waals surface area (Å²) in [7, 11) is -6.27. The van der Waals surface area contributed by atoms with Gasteiger partial charge in [0.05, 0.1) is 72.2 Å². The van der Waals surface area contributed by atoms with Crippen LogP contribution in [0.5, 0.6) is 0 Å². The molecule has 8 heteroatoms. The minimum atomic E-state index is -1.62. The van der Waals surface area contributed by atoms with Gasteiger partial charge in [0, 0.05) is 22.7 Å². The predicted molar refractivity (Wildman–Crippen MR) is 378 cm³/mol. The molecule has 0 radical (unpaired) electrons. The van der Waals surface area contributed by atoms with Gasteiger partial charge in [-0.05, 0) is 116 Å². The molecule has 12 rings (SSSR count). The Morgan fingerprint density at radius 2 is 0.814 bits per heavy atom. The minimum absolute atomic E-state index is 0.119. The van der Waals surface area contributed by atoms with E-state index in [0.29, 0.717) is 11.1 Å². The Kier molecular flexibility index (Phi) is 15.0. The van der Waals surface area contributed by atoms with E-state index < -0.39 is 32.3 Å². The average molecular weight is 1180 g/mol. The van der Waals surface area contributed by atoms with Crippen LogP contribution in [-0.4, -0.2) is 38.3 Å². The van der Waals surface area contributed by atoms with Crippen molar-refractivity contribution in [3.05, 3.63) is 275 Å². The number of hydrogen-bond donors (Lipinski definition) is 0. The van der Waals surface area contributed by atoms with Gasteiger partial charge in [-0.15, -0.1) is 0 Å². The summed E-state index contributed by atoms with van der Waals surface area (Å²) in [5.74, 6) is -0.119. The van der Waals surface area contributed by atoms with Crippen molar-refractivity contribution >= 4 is 75.8 Å². The van der Waals surface area contributed by atoms with Crippen LogP contribution in [0.25, 0.3) is 44.5 Å². The third-order valence-corrected chi connectivity index (χ3v) is 26.1. The third kappa shape index (κ3) is 10.9. The normalized spacial score (nSPS) is 16.3. The first-order valence-corrected chi connectivity index (χ1v) is 44.3. The van der Waals surface area contributed by atoms with Gasteiger partial charge in [0.2, 0.25) is 0 Å². The monoisotopic (exact) mass is 1180 g/mol. The van der Waals surface area contributed by atoms with E-state index in [0.717, 1.165) is 67.4 Å². The Morgan fingerprint density at radius 1 is 0.384 bits per heavy atom. The maximum atomic E-state index is 11.0. The predicted octanol–water partition coefficient (Wildman–Crippen LogP) is 18.4. The lowest BCUT2D eigenvalue weighted by Crippen LogP contribution is -2.38. The average Bonchev–Trinajstić information content (AvgIpc) is 0.839. The minimum Gasteiger partial charge on any atom is -0.329 e. The molecule has 0 bridgehead atoms. The van der Waals surface area contributed by atoms with Crippen molar-refractivity contribution in [1.82, 2.24) is 0 Å². The van der Waals surface area contributed by atoms with Crippen LogP contribution in [0.1, 0.15) is 11.1 Å². The van der Waals surface area contributed by atoms with E-state index in [1.54, 1.807) is 0 Å². The molecule has 0 fully saturated rings. The number of hydrogen-bond acceptors (Lipinski definition) is 4. The zero-order chi connectivity index (χ0) is 60.5. The second-order valence-electron chi connectivity index (χ2n) is 27.6. The maximum absolute atomic E-state index is 11.0. The second-order valence-corrected chi connectivity index (χ2v) is 47.9. The van der Waals surface area contributed by atoms with Crippen LogP contribution < -0.4 is 30.5 Å². The van der Waals surface area contributed by atoms with Gasteiger partial charge in [-0.2, -0.15) is 10.5 Å². The lowest BCUT2D eigenvalue weighted by molar-refractivity contribution is 0.773. The standard InChI is InChI=1S/C78H76N4Si4/c1-83(2,3)63-35-21-53(22-36-63)59-33-47-75(69(49-59)55-25-39-65(40-26-55)85(7,8)9)81(71-19-15-13-17-61(71)51-79)73-45-31-57-30-44-68-74(46-32-58-29-43-67(73)77(57)78(58)68)82(72-20-16-14-18-62(72)52-80)76-48-34-60(54-23-37-64(38-24-54)84(4,5)6)50-70(76)56-27-41-66(42-28-56)86(10,11)12/h13-50,73,78H,1-12H3. The highest BCUT2D eigenvalue weighted by Gasteiger charge is 2.41. The van der Waals surface area contributed by atoms with E-state index in [1.165, 1.54) is 54.2 Å². The highest BCUT2D eigenvalue weighted by atomic mass is 28.3. The molecule has 2 atom stereocenters. The molecule has 4 aliphatic rings. The Hall–Kier alpha value is -8.61.